The monoisotopic (exact) mass is 219 g/mol. The van der Waals surface area contributed by atoms with Crippen LogP contribution in [0.3, 0.4) is 0 Å². The number of hydrogen-bond donors (Lipinski definition) is 2. The molecule has 0 bridgehead atoms. The number of aromatic nitrogens is 5. The number of hydrogen-bond acceptors (Lipinski definition) is 6. The first-order chi connectivity index (χ1) is 7.83. The molecule has 0 radical (unpaired) electrons. The SMILES string of the molecule is NC1CC(CNc2cncc3nnnn23)C1. The van der Waals surface area contributed by atoms with E-state index in [0.717, 1.165) is 25.2 Å². The summed E-state index contributed by atoms with van der Waals surface area (Å²) in [5.74, 6) is 1.48. The van der Waals surface area contributed by atoms with Crippen LogP contribution in [0, 0.1) is 5.92 Å². The summed E-state index contributed by atoms with van der Waals surface area (Å²) in [6.45, 7) is 0.897. The predicted octanol–water partition coefficient (Wildman–Crippen LogP) is -0.332. The summed E-state index contributed by atoms with van der Waals surface area (Å²) in [5.41, 5.74) is 6.38. The molecule has 2 heterocycles. The third-order valence-electron chi connectivity index (χ3n) is 2.95. The lowest BCUT2D eigenvalue weighted by atomic mass is 9.81. The average molecular weight is 219 g/mol. The van der Waals surface area contributed by atoms with Crippen LogP contribution in [-0.2, 0) is 0 Å². The quantitative estimate of drug-likeness (QED) is 0.734. The van der Waals surface area contributed by atoms with E-state index in [1.165, 1.54) is 0 Å². The molecule has 16 heavy (non-hydrogen) atoms. The van der Waals surface area contributed by atoms with Crippen LogP contribution in [-0.4, -0.2) is 37.6 Å². The summed E-state index contributed by atoms with van der Waals surface area (Å²) < 4.78 is 1.64. The lowest BCUT2D eigenvalue weighted by Gasteiger charge is -2.32. The fourth-order valence-electron chi connectivity index (χ4n) is 2.00. The van der Waals surface area contributed by atoms with Crippen LogP contribution in [0.4, 0.5) is 5.82 Å². The highest BCUT2D eigenvalue weighted by Gasteiger charge is 2.25. The first-order valence-electron chi connectivity index (χ1n) is 5.34. The molecule has 1 aliphatic carbocycles. The third-order valence-corrected chi connectivity index (χ3v) is 2.95. The highest BCUT2D eigenvalue weighted by molar-refractivity contribution is 5.43. The van der Waals surface area contributed by atoms with Gasteiger partial charge in [0.15, 0.2) is 5.65 Å². The zero-order valence-corrected chi connectivity index (χ0v) is 8.74. The van der Waals surface area contributed by atoms with Crippen molar-refractivity contribution in [3.05, 3.63) is 12.4 Å². The van der Waals surface area contributed by atoms with Gasteiger partial charge in [-0.05, 0) is 29.2 Å². The summed E-state index contributed by atoms with van der Waals surface area (Å²) in [4.78, 5) is 4.07. The van der Waals surface area contributed by atoms with Gasteiger partial charge in [0.2, 0.25) is 0 Å². The van der Waals surface area contributed by atoms with Crippen molar-refractivity contribution in [1.82, 2.24) is 25.0 Å². The number of rotatable bonds is 3. The predicted molar refractivity (Wildman–Crippen MR) is 57.8 cm³/mol. The highest BCUT2D eigenvalue weighted by atomic mass is 15.5. The Hall–Kier alpha value is -1.76. The molecule has 0 aliphatic heterocycles. The second-order valence-corrected chi connectivity index (χ2v) is 4.22. The Labute approximate surface area is 92.0 Å². The fourth-order valence-corrected chi connectivity index (χ4v) is 2.00. The van der Waals surface area contributed by atoms with E-state index < -0.39 is 0 Å². The summed E-state index contributed by atoms with van der Waals surface area (Å²) >= 11 is 0. The van der Waals surface area contributed by atoms with Gasteiger partial charge in [-0.2, -0.15) is 4.52 Å². The minimum Gasteiger partial charge on any atom is -0.368 e. The van der Waals surface area contributed by atoms with Gasteiger partial charge in [0.05, 0.1) is 12.4 Å². The van der Waals surface area contributed by atoms with Gasteiger partial charge in [0, 0.05) is 12.6 Å². The number of nitrogens with one attached hydrogen (secondary N) is 1. The van der Waals surface area contributed by atoms with Crippen LogP contribution in [0.15, 0.2) is 12.4 Å². The average Bonchev–Trinajstić information content (AvgIpc) is 2.71. The van der Waals surface area contributed by atoms with Crippen molar-refractivity contribution in [3.8, 4) is 0 Å². The highest BCUT2D eigenvalue weighted by Crippen LogP contribution is 2.25. The van der Waals surface area contributed by atoms with Crippen LogP contribution in [0.1, 0.15) is 12.8 Å². The van der Waals surface area contributed by atoms with Crippen molar-refractivity contribution < 1.29 is 0 Å². The van der Waals surface area contributed by atoms with Gasteiger partial charge in [0.1, 0.15) is 5.82 Å². The maximum Gasteiger partial charge on any atom is 0.199 e. The molecule has 1 aliphatic rings. The summed E-state index contributed by atoms with van der Waals surface area (Å²) in [5, 5.41) is 14.6. The second-order valence-electron chi connectivity index (χ2n) is 4.22. The summed E-state index contributed by atoms with van der Waals surface area (Å²) in [6.07, 6.45) is 5.53. The van der Waals surface area contributed by atoms with E-state index in [1.54, 1.807) is 16.9 Å². The Bertz CT molecular complexity index is 487. The number of nitrogens with zero attached hydrogens (tertiary/aromatic N) is 5. The number of fused-ring (bicyclic) bond motifs is 1. The Balaban J connectivity index is 1.71. The lowest BCUT2D eigenvalue weighted by molar-refractivity contribution is 0.279. The van der Waals surface area contributed by atoms with E-state index in [-0.39, 0.29) is 0 Å². The minimum atomic E-state index is 0.383. The van der Waals surface area contributed by atoms with E-state index >= 15 is 0 Å². The van der Waals surface area contributed by atoms with Crippen LogP contribution >= 0.6 is 0 Å². The van der Waals surface area contributed by atoms with E-state index in [9.17, 15) is 0 Å². The van der Waals surface area contributed by atoms with Crippen molar-refractivity contribution in [2.75, 3.05) is 11.9 Å². The van der Waals surface area contributed by atoms with Crippen molar-refractivity contribution in [1.29, 1.82) is 0 Å². The molecular weight excluding hydrogens is 206 g/mol. The molecule has 0 spiro atoms. The third kappa shape index (κ3) is 1.58. The standard InChI is InChI=1S/C9H13N7/c10-7-1-6(2-7)3-12-8-4-11-5-9-13-14-15-16(8)9/h4-7,12H,1-3,10H2. The number of nitrogens with two attached hydrogens (primary N) is 1. The van der Waals surface area contributed by atoms with Crippen molar-refractivity contribution >= 4 is 11.5 Å². The van der Waals surface area contributed by atoms with Gasteiger partial charge in [-0.1, -0.05) is 0 Å². The zero-order valence-electron chi connectivity index (χ0n) is 8.74. The topological polar surface area (TPSA) is 94.0 Å². The molecule has 0 unspecified atom stereocenters. The first kappa shape index (κ1) is 9.46. The molecule has 7 heteroatoms. The van der Waals surface area contributed by atoms with Gasteiger partial charge in [0.25, 0.3) is 0 Å². The molecular formula is C9H13N7. The van der Waals surface area contributed by atoms with Crippen LogP contribution < -0.4 is 11.1 Å². The zero-order chi connectivity index (χ0) is 11.0. The Morgan fingerprint density at radius 3 is 3.12 bits per heavy atom. The van der Waals surface area contributed by atoms with Gasteiger partial charge in [-0.3, -0.25) is 4.98 Å². The van der Waals surface area contributed by atoms with Gasteiger partial charge in [-0.15, -0.1) is 5.10 Å². The van der Waals surface area contributed by atoms with E-state index in [0.29, 0.717) is 17.6 Å². The van der Waals surface area contributed by atoms with Gasteiger partial charge in [-0.25, -0.2) is 0 Å². The van der Waals surface area contributed by atoms with Crippen molar-refractivity contribution in [3.63, 3.8) is 0 Å². The van der Waals surface area contributed by atoms with E-state index in [1.807, 2.05) is 0 Å². The van der Waals surface area contributed by atoms with Gasteiger partial charge >= 0.3 is 0 Å². The molecule has 2 aromatic heterocycles. The van der Waals surface area contributed by atoms with E-state index in [2.05, 4.69) is 25.8 Å². The first-order valence-corrected chi connectivity index (χ1v) is 5.34. The van der Waals surface area contributed by atoms with Crippen LogP contribution in [0.5, 0.6) is 0 Å². The van der Waals surface area contributed by atoms with E-state index in [4.69, 9.17) is 5.73 Å². The van der Waals surface area contributed by atoms with Crippen molar-refractivity contribution in [2.24, 2.45) is 11.7 Å². The molecule has 1 saturated carbocycles. The summed E-state index contributed by atoms with van der Waals surface area (Å²) in [7, 11) is 0. The smallest absolute Gasteiger partial charge is 0.199 e. The number of anilines is 1. The van der Waals surface area contributed by atoms with Crippen LogP contribution in [0.25, 0.3) is 5.65 Å². The molecule has 0 amide bonds. The molecule has 3 N–H and O–H groups in total. The van der Waals surface area contributed by atoms with Crippen molar-refractivity contribution in [2.45, 2.75) is 18.9 Å². The van der Waals surface area contributed by atoms with Crippen LogP contribution in [0.2, 0.25) is 0 Å². The molecule has 0 aromatic carbocycles. The molecule has 0 atom stereocenters. The second kappa shape index (κ2) is 3.67. The molecule has 1 fully saturated rings. The largest absolute Gasteiger partial charge is 0.368 e. The normalized spacial score (nSPS) is 24.3. The number of tetrazole rings is 1. The summed E-state index contributed by atoms with van der Waals surface area (Å²) in [6, 6.07) is 0.383. The fraction of sp³-hybridized carbons (Fsp3) is 0.556. The Kier molecular flexibility index (Phi) is 2.17. The maximum atomic E-state index is 5.73. The molecule has 0 saturated heterocycles. The maximum absolute atomic E-state index is 5.73. The minimum absolute atomic E-state index is 0.383. The molecule has 2 aromatic rings. The molecule has 3 rings (SSSR count). The Morgan fingerprint density at radius 1 is 1.44 bits per heavy atom. The molecule has 7 nitrogen and oxygen atoms in total. The lowest BCUT2D eigenvalue weighted by Crippen LogP contribution is -2.39. The Morgan fingerprint density at radius 2 is 2.31 bits per heavy atom. The molecule has 84 valence electrons. The van der Waals surface area contributed by atoms with Gasteiger partial charge < -0.3 is 11.1 Å².